The van der Waals surface area contributed by atoms with Crippen LogP contribution in [-0.4, -0.2) is 10.9 Å². The molecule has 0 fully saturated rings. The molecule has 0 saturated heterocycles. The van der Waals surface area contributed by atoms with E-state index >= 15 is 0 Å². The van der Waals surface area contributed by atoms with Crippen molar-refractivity contribution in [1.82, 2.24) is 4.98 Å². The second kappa shape index (κ2) is 4.41. The van der Waals surface area contributed by atoms with Gasteiger partial charge in [-0.2, -0.15) is 0 Å². The molecule has 13 heavy (non-hydrogen) atoms. The van der Waals surface area contributed by atoms with E-state index in [4.69, 9.17) is 0 Å². The first-order valence-corrected chi connectivity index (χ1v) is 3.41. The molecule has 1 aromatic rings. The zero-order valence-electron chi connectivity index (χ0n) is 7.24. The Morgan fingerprint density at radius 1 is 1.54 bits per heavy atom. The number of nitrogens with zero attached hydrogens (tertiary/aromatic N) is 1. The van der Waals surface area contributed by atoms with Gasteiger partial charge in [0.1, 0.15) is 5.75 Å². The SMILES string of the molecule is CC(=O)c1c(O)cc(=O)[n-]c1C.[Ta]. The second-order valence-corrected chi connectivity index (χ2v) is 2.50. The van der Waals surface area contributed by atoms with E-state index < -0.39 is 5.56 Å². The molecule has 0 aliphatic carbocycles. The maximum Gasteiger partial charge on any atom is 0.161 e. The predicted octanol–water partition coefficient (Wildman–Crippen LogP) is 0.218. The number of ketones is 1. The molecule has 0 bridgehead atoms. The molecule has 1 heterocycles. The summed E-state index contributed by atoms with van der Waals surface area (Å²) < 4.78 is 0. The normalized spacial score (nSPS) is 9.08. The van der Waals surface area contributed by atoms with Crippen molar-refractivity contribution >= 4 is 5.78 Å². The molecule has 1 rings (SSSR count). The standard InChI is InChI=1S/C8H9NO3.Ta/c1-4-8(5(2)10)6(11)3-7(12)9-4;/h3H,1-2H3,(H2,9,10,11,12);/p-1. The fourth-order valence-electron chi connectivity index (χ4n) is 1.06. The van der Waals surface area contributed by atoms with Gasteiger partial charge in [0.25, 0.3) is 0 Å². The van der Waals surface area contributed by atoms with Crippen LogP contribution in [0.15, 0.2) is 10.9 Å². The fourth-order valence-corrected chi connectivity index (χ4v) is 1.06. The number of pyridine rings is 1. The summed E-state index contributed by atoms with van der Waals surface area (Å²) in [6, 6.07) is 0.934. The predicted molar refractivity (Wildman–Crippen MR) is 42.4 cm³/mol. The van der Waals surface area contributed by atoms with Crippen molar-refractivity contribution in [1.29, 1.82) is 0 Å². The van der Waals surface area contributed by atoms with Gasteiger partial charge in [0, 0.05) is 34.0 Å². The van der Waals surface area contributed by atoms with Crippen LogP contribution in [0.25, 0.3) is 0 Å². The summed E-state index contributed by atoms with van der Waals surface area (Å²) in [6.45, 7) is 2.83. The fraction of sp³-hybridized carbons (Fsp3) is 0.250. The number of carbonyl (C=O) groups is 1. The van der Waals surface area contributed by atoms with Crippen LogP contribution in [0.1, 0.15) is 23.0 Å². The molecule has 0 aliphatic heterocycles. The Morgan fingerprint density at radius 3 is 2.46 bits per heavy atom. The van der Waals surface area contributed by atoms with Crippen LogP contribution in [0.2, 0.25) is 0 Å². The van der Waals surface area contributed by atoms with Crippen LogP contribution in [0.4, 0.5) is 0 Å². The van der Waals surface area contributed by atoms with Crippen LogP contribution in [0, 0.1) is 6.92 Å². The van der Waals surface area contributed by atoms with Crippen LogP contribution in [0.5, 0.6) is 5.75 Å². The summed E-state index contributed by atoms with van der Waals surface area (Å²) in [5.41, 5.74) is -0.142. The van der Waals surface area contributed by atoms with Gasteiger partial charge in [-0.3, -0.25) is 4.79 Å². The zero-order valence-corrected chi connectivity index (χ0v) is 10.4. The van der Waals surface area contributed by atoms with Gasteiger partial charge in [-0.25, -0.2) is 0 Å². The Morgan fingerprint density at radius 2 is 2.08 bits per heavy atom. The number of rotatable bonds is 1. The van der Waals surface area contributed by atoms with Gasteiger partial charge in [0.2, 0.25) is 0 Å². The molecule has 5 heteroatoms. The second-order valence-electron chi connectivity index (χ2n) is 2.50. The molecule has 4 nitrogen and oxygen atoms in total. The van der Waals surface area contributed by atoms with E-state index in [1.807, 2.05) is 0 Å². The minimum absolute atomic E-state index is 0. The largest absolute Gasteiger partial charge is 0.626 e. The van der Waals surface area contributed by atoms with Gasteiger partial charge < -0.3 is 14.9 Å². The Bertz CT molecular complexity index is 357. The molecule has 0 amide bonds. The third kappa shape index (κ3) is 2.55. The molecule has 0 saturated carbocycles. The average Bonchev–Trinajstić information content (AvgIpc) is 1.82. The molecule has 0 aliphatic rings. The molecule has 0 aromatic carbocycles. The van der Waals surface area contributed by atoms with Gasteiger partial charge >= 0.3 is 0 Å². The molecule has 1 aromatic heterocycles. The number of aryl methyl sites for hydroxylation is 1. The molecule has 0 atom stereocenters. The summed E-state index contributed by atoms with van der Waals surface area (Å²) in [7, 11) is 0. The number of carbonyl (C=O) groups excluding carboxylic acids is 1. The molecule has 1 radical (unpaired) electrons. The Hall–Kier alpha value is -0.840. The maximum absolute atomic E-state index is 10.9. The summed E-state index contributed by atoms with van der Waals surface area (Å²) in [5.74, 6) is -0.586. The van der Waals surface area contributed by atoms with Crippen LogP contribution in [0.3, 0.4) is 0 Å². The third-order valence-electron chi connectivity index (χ3n) is 1.51. The van der Waals surface area contributed by atoms with E-state index in [1.54, 1.807) is 0 Å². The molecule has 1 N–H and O–H groups in total. The number of aromatic hydroxyl groups is 1. The number of hydrogen-bond donors (Lipinski definition) is 1. The van der Waals surface area contributed by atoms with Crippen molar-refractivity contribution in [2.24, 2.45) is 0 Å². The van der Waals surface area contributed by atoms with Crippen molar-refractivity contribution in [3.05, 3.63) is 27.7 Å². The van der Waals surface area contributed by atoms with E-state index in [0.29, 0.717) is 0 Å². The number of aromatic nitrogens is 1. The van der Waals surface area contributed by atoms with E-state index in [2.05, 4.69) is 4.98 Å². The van der Waals surface area contributed by atoms with E-state index in [9.17, 15) is 14.7 Å². The zero-order chi connectivity index (χ0) is 9.30. The van der Waals surface area contributed by atoms with Crippen molar-refractivity contribution in [2.45, 2.75) is 13.8 Å². The van der Waals surface area contributed by atoms with Crippen molar-refractivity contribution in [3.63, 3.8) is 0 Å². The monoisotopic (exact) mass is 347 g/mol. The Kier molecular flexibility index (Phi) is 4.13. The topological polar surface area (TPSA) is 68.5 Å². The Balaban J connectivity index is 0.00000144. The van der Waals surface area contributed by atoms with Crippen LogP contribution in [-0.2, 0) is 22.4 Å². The molecular formula is C8H8NO3Ta-. The molecule has 0 unspecified atom stereocenters. The van der Waals surface area contributed by atoms with E-state index in [1.165, 1.54) is 13.8 Å². The van der Waals surface area contributed by atoms with Crippen molar-refractivity contribution < 1.29 is 32.3 Å². The molecule has 0 spiro atoms. The van der Waals surface area contributed by atoms with Gasteiger partial charge in [-0.1, -0.05) is 6.92 Å². The minimum atomic E-state index is -0.532. The molecular weight excluding hydrogens is 339 g/mol. The van der Waals surface area contributed by atoms with E-state index in [-0.39, 0.29) is 45.2 Å². The summed E-state index contributed by atoms with van der Waals surface area (Å²) in [6.07, 6.45) is 0. The van der Waals surface area contributed by atoms with Gasteiger partial charge in [0.15, 0.2) is 5.78 Å². The summed E-state index contributed by atoms with van der Waals surface area (Å²) in [4.78, 5) is 25.1. The van der Waals surface area contributed by atoms with Gasteiger partial charge in [-0.05, 0) is 6.92 Å². The smallest absolute Gasteiger partial charge is 0.161 e. The van der Waals surface area contributed by atoms with Crippen molar-refractivity contribution in [3.8, 4) is 5.75 Å². The van der Waals surface area contributed by atoms with Crippen LogP contribution < -0.4 is 10.5 Å². The number of Topliss-reactive ketones (excluding diaryl/α,β-unsaturated/α-hetero) is 1. The maximum atomic E-state index is 10.9. The van der Waals surface area contributed by atoms with Crippen LogP contribution >= 0.6 is 0 Å². The first kappa shape index (κ1) is 12.2. The third-order valence-corrected chi connectivity index (χ3v) is 1.51. The van der Waals surface area contributed by atoms with Gasteiger partial charge in [-0.15, -0.1) is 5.69 Å². The quantitative estimate of drug-likeness (QED) is 0.738. The number of hydrogen-bond acceptors (Lipinski definition) is 3. The Labute approximate surface area is 90.5 Å². The minimum Gasteiger partial charge on any atom is -0.626 e. The van der Waals surface area contributed by atoms with Crippen molar-refractivity contribution in [2.75, 3.05) is 0 Å². The van der Waals surface area contributed by atoms with Gasteiger partial charge in [0.05, 0.1) is 5.56 Å². The first-order valence-electron chi connectivity index (χ1n) is 3.41. The summed E-state index contributed by atoms with van der Waals surface area (Å²) >= 11 is 0. The first-order chi connectivity index (χ1) is 5.52. The molecule has 69 valence electrons. The van der Waals surface area contributed by atoms with E-state index in [0.717, 1.165) is 6.07 Å². The summed E-state index contributed by atoms with van der Waals surface area (Å²) in [5, 5.41) is 9.18. The average molecular weight is 347 g/mol.